The number of halogens is 3. The van der Waals surface area contributed by atoms with Gasteiger partial charge >= 0.3 is 6.03 Å². The van der Waals surface area contributed by atoms with Crippen molar-refractivity contribution in [1.29, 1.82) is 0 Å². The lowest BCUT2D eigenvalue weighted by molar-refractivity contribution is 0.0730. The topological polar surface area (TPSA) is 79.0 Å². The monoisotopic (exact) mass is 611 g/mol. The number of amides is 2. The Morgan fingerprint density at radius 3 is 2.19 bits per heavy atom. The summed E-state index contributed by atoms with van der Waals surface area (Å²) in [5, 5.41) is 3.49. The fraction of sp³-hybridized carbons (Fsp3) is 0.240. The minimum Gasteiger partial charge on any atom is -0.379 e. The van der Waals surface area contributed by atoms with Gasteiger partial charge in [-0.25, -0.2) is 13.2 Å². The van der Waals surface area contributed by atoms with E-state index >= 15 is 0 Å². The highest BCUT2D eigenvalue weighted by atomic mass is 79.9. The number of benzene rings is 3. The average molecular weight is 613 g/mol. The second kappa shape index (κ2) is 11.5. The van der Waals surface area contributed by atoms with E-state index in [9.17, 15) is 13.2 Å². The van der Waals surface area contributed by atoms with Crippen LogP contribution in [-0.4, -0.2) is 57.0 Å². The smallest absolute Gasteiger partial charge is 0.322 e. The molecule has 0 radical (unpaired) electrons. The zero-order chi connectivity index (χ0) is 25.9. The SMILES string of the molecule is CN(C(=O)Nc1ccc(Cl)c(S(=O)(=O)N2CCOCC2)c1)C(c1ccc(Cl)cc1)c1ccc(Br)cc1. The zero-order valence-electron chi connectivity index (χ0n) is 19.3. The van der Waals surface area contributed by atoms with Gasteiger partial charge in [0.25, 0.3) is 0 Å². The van der Waals surface area contributed by atoms with Crippen molar-refractivity contribution in [2.24, 2.45) is 0 Å². The number of rotatable bonds is 6. The van der Waals surface area contributed by atoms with Crippen molar-refractivity contribution >= 4 is 60.9 Å². The maximum Gasteiger partial charge on any atom is 0.322 e. The van der Waals surface area contributed by atoms with Gasteiger partial charge in [0.05, 0.1) is 24.3 Å². The van der Waals surface area contributed by atoms with Crippen molar-refractivity contribution in [2.45, 2.75) is 10.9 Å². The standard InChI is InChI=1S/C25H24BrCl2N3O4S/c1-30(24(17-2-6-19(26)7-3-17)18-4-8-20(27)9-5-18)25(32)29-21-10-11-22(28)23(16-21)36(33,34)31-12-14-35-15-13-31/h2-11,16,24H,12-15H2,1H3,(H,29,32). The van der Waals surface area contributed by atoms with Gasteiger partial charge in [-0.15, -0.1) is 0 Å². The number of anilines is 1. The molecule has 36 heavy (non-hydrogen) atoms. The van der Waals surface area contributed by atoms with Gasteiger partial charge < -0.3 is 15.0 Å². The molecule has 1 atom stereocenters. The van der Waals surface area contributed by atoms with Crippen LogP contribution in [0.1, 0.15) is 17.2 Å². The summed E-state index contributed by atoms with van der Waals surface area (Å²) in [6.45, 7) is 1.13. The molecule has 7 nitrogen and oxygen atoms in total. The molecule has 4 rings (SSSR count). The summed E-state index contributed by atoms with van der Waals surface area (Å²) in [6.07, 6.45) is 0. The summed E-state index contributed by atoms with van der Waals surface area (Å²) in [5.41, 5.74) is 2.07. The van der Waals surface area contributed by atoms with Crippen LogP contribution in [0.4, 0.5) is 10.5 Å². The molecular weight excluding hydrogens is 589 g/mol. The highest BCUT2D eigenvalue weighted by Crippen LogP contribution is 2.32. The van der Waals surface area contributed by atoms with Crippen molar-refractivity contribution < 1.29 is 17.9 Å². The van der Waals surface area contributed by atoms with Crippen LogP contribution in [0.3, 0.4) is 0 Å². The first-order valence-corrected chi connectivity index (χ1v) is 14.1. The number of hydrogen-bond acceptors (Lipinski definition) is 4. The number of carbonyl (C=O) groups excluding carboxylic acids is 1. The van der Waals surface area contributed by atoms with Crippen LogP contribution >= 0.6 is 39.1 Å². The summed E-state index contributed by atoms with van der Waals surface area (Å²) >= 11 is 15.8. The number of hydrogen-bond donors (Lipinski definition) is 1. The lowest BCUT2D eigenvalue weighted by Crippen LogP contribution is -2.40. The van der Waals surface area contributed by atoms with E-state index in [2.05, 4.69) is 21.2 Å². The molecule has 190 valence electrons. The third-order valence-corrected chi connectivity index (χ3v) is 9.01. The molecule has 1 unspecified atom stereocenters. The maximum atomic E-state index is 13.4. The van der Waals surface area contributed by atoms with Crippen molar-refractivity contribution in [3.05, 3.63) is 92.4 Å². The maximum absolute atomic E-state index is 13.4. The summed E-state index contributed by atoms with van der Waals surface area (Å²) in [4.78, 5) is 14.8. The van der Waals surface area contributed by atoms with Gasteiger partial charge in [0.2, 0.25) is 10.0 Å². The second-order valence-corrected chi connectivity index (χ2v) is 11.9. The first-order valence-electron chi connectivity index (χ1n) is 11.1. The second-order valence-electron chi connectivity index (χ2n) is 8.21. The quantitative estimate of drug-likeness (QED) is 0.369. The Morgan fingerprint density at radius 2 is 1.58 bits per heavy atom. The number of nitrogens with zero attached hydrogens (tertiary/aromatic N) is 2. The average Bonchev–Trinajstić information content (AvgIpc) is 2.88. The molecule has 3 aromatic carbocycles. The van der Waals surface area contributed by atoms with E-state index < -0.39 is 22.1 Å². The van der Waals surface area contributed by atoms with Gasteiger partial charge in [-0.05, 0) is 53.6 Å². The normalized spacial score (nSPS) is 15.3. The molecule has 3 aromatic rings. The third kappa shape index (κ3) is 6.04. The number of morpholine rings is 1. The predicted octanol–water partition coefficient (Wildman–Crippen LogP) is 6.03. The predicted molar refractivity (Wildman–Crippen MR) is 145 cm³/mol. The molecule has 0 aliphatic carbocycles. The summed E-state index contributed by atoms with van der Waals surface area (Å²) in [6, 6.07) is 18.6. The Bertz CT molecular complexity index is 1290. The first kappa shape index (κ1) is 26.9. The van der Waals surface area contributed by atoms with E-state index in [1.807, 2.05) is 36.4 Å². The molecule has 1 heterocycles. The number of nitrogens with one attached hydrogen (secondary N) is 1. The minimum atomic E-state index is -3.84. The van der Waals surface area contributed by atoms with Crippen LogP contribution in [0.25, 0.3) is 0 Å². The van der Waals surface area contributed by atoms with Crippen LogP contribution < -0.4 is 5.32 Å². The van der Waals surface area contributed by atoms with Crippen LogP contribution in [0.15, 0.2) is 76.1 Å². The summed E-state index contributed by atoms with van der Waals surface area (Å²) in [7, 11) is -2.16. The lowest BCUT2D eigenvalue weighted by Gasteiger charge is -2.30. The van der Waals surface area contributed by atoms with Crippen molar-refractivity contribution in [1.82, 2.24) is 9.21 Å². The highest BCUT2D eigenvalue weighted by molar-refractivity contribution is 9.10. The molecule has 0 bridgehead atoms. The molecule has 0 saturated carbocycles. The molecule has 1 aliphatic heterocycles. The third-order valence-electron chi connectivity index (χ3n) is 5.85. The van der Waals surface area contributed by atoms with Crippen molar-refractivity contribution in [3.8, 4) is 0 Å². The number of urea groups is 1. The van der Waals surface area contributed by atoms with Crippen LogP contribution in [0, 0.1) is 0 Å². The zero-order valence-corrected chi connectivity index (χ0v) is 23.2. The Balaban J connectivity index is 1.61. The van der Waals surface area contributed by atoms with E-state index in [1.54, 1.807) is 30.1 Å². The van der Waals surface area contributed by atoms with E-state index in [0.717, 1.165) is 15.6 Å². The summed E-state index contributed by atoms with van der Waals surface area (Å²) < 4.78 is 33.8. The van der Waals surface area contributed by atoms with E-state index in [-0.39, 0.29) is 23.0 Å². The van der Waals surface area contributed by atoms with Crippen LogP contribution in [0.2, 0.25) is 10.0 Å². The van der Waals surface area contributed by atoms with Gasteiger partial charge in [0, 0.05) is 35.3 Å². The Morgan fingerprint density at radius 1 is 1.00 bits per heavy atom. The molecule has 1 N–H and O–H groups in total. The van der Waals surface area contributed by atoms with E-state index in [1.165, 1.54) is 16.4 Å². The van der Waals surface area contributed by atoms with Gasteiger partial charge in [0.1, 0.15) is 4.90 Å². The molecule has 0 spiro atoms. The Labute approximate surface area is 229 Å². The minimum absolute atomic E-state index is 0.0614. The first-order chi connectivity index (χ1) is 17.2. The fourth-order valence-electron chi connectivity index (χ4n) is 3.96. The molecule has 11 heteroatoms. The molecule has 1 aliphatic rings. The lowest BCUT2D eigenvalue weighted by atomic mass is 9.97. The van der Waals surface area contributed by atoms with Crippen LogP contribution in [0.5, 0.6) is 0 Å². The molecule has 1 fully saturated rings. The Hall–Kier alpha value is -2.14. The molecule has 2 amide bonds. The van der Waals surface area contributed by atoms with E-state index in [0.29, 0.717) is 23.9 Å². The molecule has 0 aromatic heterocycles. The van der Waals surface area contributed by atoms with Gasteiger partial charge in [0.15, 0.2) is 0 Å². The molecular formula is C25H24BrCl2N3O4S. The van der Waals surface area contributed by atoms with Crippen molar-refractivity contribution in [2.75, 3.05) is 38.7 Å². The summed E-state index contributed by atoms with van der Waals surface area (Å²) in [5.74, 6) is 0. The van der Waals surface area contributed by atoms with Crippen molar-refractivity contribution in [3.63, 3.8) is 0 Å². The van der Waals surface area contributed by atoms with E-state index in [4.69, 9.17) is 27.9 Å². The molecule has 1 saturated heterocycles. The Kier molecular flexibility index (Phi) is 8.59. The number of sulfonamides is 1. The van der Waals surface area contributed by atoms with Gasteiger partial charge in [-0.2, -0.15) is 4.31 Å². The van der Waals surface area contributed by atoms with Crippen LogP contribution in [-0.2, 0) is 14.8 Å². The largest absolute Gasteiger partial charge is 0.379 e. The number of carbonyl (C=O) groups is 1. The highest BCUT2D eigenvalue weighted by Gasteiger charge is 2.29. The van der Waals surface area contributed by atoms with Gasteiger partial charge in [-0.1, -0.05) is 63.4 Å². The number of ether oxygens (including phenoxy) is 1. The fourth-order valence-corrected chi connectivity index (χ4v) is 6.26. The van der Waals surface area contributed by atoms with Gasteiger partial charge in [-0.3, -0.25) is 0 Å².